The molecule has 0 aliphatic carbocycles. The highest BCUT2D eigenvalue weighted by Gasteiger charge is 2.26. The van der Waals surface area contributed by atoms with Crippen LogP contribution >= 0.6 is 0 Å². The normalized spacial score (nSPS) is 17.4. The number of carbonyl (C=O) groups is 1. The van der Waals surface area contributed by atoms with Crippen LogP contribution in [0.4, 0.5) is 0 Å². The molecule has 1 aromatic carbocycles. The summed E-state index contributed by atoms with van der Waals surface area (Å²) in [5, 5.41) is 0. The molecule has 0 fully saturated rings. The Hall–Kier alpha value is -1.75. The minimum Gasteiger partial charge on any atom is -0.486 e. The number of nitrogens with zero attached hydrogens (tertiary/aromatic N) is 1. The highest BCUT2D eigenvalue weighted by Crippen LogP contribution is 2.31. The summed E-state index contributed by atoms with van der Waals surface area (Å²) >= 11 is 0. The highest BCUT2D eigenvalue weighted by molar-refractivity contribution is 5.78. The third-order valence-electron chi connectivity index (χ3n) is 3.09. The van der Waals surface area contributed by atoms with Crippen LogP contribution in [0.15, 0.2) is 24.3 Å². The molecule has 1 atom stereocenters. The SMILES string of the molecule is CC(C)N(C[C@@H]1COc2ccccc2O1)C(=O)CN. The zero-order valence-electron chi connectivity index (χ0n) is 11.3. The first kappa shape index (κ1) is 13.7. The van der Waals surface area contributed by atoms with E-state index < -0.39 is 0 Å². The molecule has 1 aliphatic heterocycles. The Morgan fingerprint density at radius 3 is 2.74 bits per heavy atom. The molecule has 19 heavy (non-hydrogen) atoms. The smallest absolute Gasteiger partial charge is 0.236 e. The van der Waals surface area contributed by atoms with Gasteiger partial charge in [0, 0.05) is 6.04 Å². The third kappa shape index (κ3) is 3.17. The summed E-state index contributed by atoms with van der Waals surface area (Å²) in [5.41, 5.74) is 5.43. The van der Waals surface area contributed by atoms with Crippen molar-refractivity contribution in [3.8, 4) is 11.5 Å². The van der Waals surface area contributed by atoms with Crippen molar-refractivity contribution < 1.29 is 14.3 Å². The van der Waals surface area contributed by atoms with E-state index in [4.69, 9.17) is 15.2 Å². The first-order valence-electron chi connectivity index (χ1n) is 6.50. The molecular weight excluding hydrogens is 244 g/mol. The first-order chi connectivity index (χ1) is 9.11. The average molecular weight is 264 g/mol. The number of nitrogens with two attached hydrogens (primary N) is 1. The molecule has 0 unspecified atom stereocenters. The van der Waals surface area contributed by atoms with Gasteiger partial charge >= 0.3 is 0 Å². The monoisotopic (exact) mass is 264 g/mol. The Morgan fingerprint density at radius 2 is 2.11 bits per heavy atom. The molecule has 5 nitrogen and oxygen atoms in total. The van der Waals surface area contributed by atoms with Gasteiger partial charge in [0.25, 0.3) is 0 Å². The van der Waals surface area contributed by atoms with Gasteiger partial charge < -0.3 is 20.1 Å². The maximum absolute atomic E-state index is 11.8. The van der Waals surface area contributed by atoms with Crippen molar-refractivity contribution in [3.63, 3.8) is 0 Å². The van der Waals surface area contributed by atoms with Crippen LogP contribution in [0, 0.1) is 0 Å². The summed E-state index contributed by atoms with van der Waals surface area (Å²) in [5.74, 6) is 1.40. The fourth-order valence-electron chi connectivity index (χ4n) is 2.09. The Balaban J connectivity index is 2.02. The number of hydrogen-bond donors (Lipinski definition) is 1. The summed E-state index contributed by atoms with van der Waals surface area (Å²) in [4.78, 5) is 13.5. The lowest BCUT2D eigenvalue weighted by atomic mass is 10.2. The van der Waals surface area contributed by atoms with Gasteiger partial charge in [-0.15, -0.1) is 0 Å². The van der Waals surface area contributed by atoms with Crippen LogP contribution in [0.3, 0.4) is 0 Å². The average Bonchev–Trinajstić information content (AvgIpc) is 2.43. The van der Waals surface area contributed by atoms with Crippen molar-refractivity contribution in [2.75, 3.05) is 19.7 Å². The number of ether oxygens (including phenoxy) is 2. The summed E-state index contributed by atoms with van der Waals surface area (Å²) in [6, 6.07) is 7.64. The van der Waals surface area contributed by atoms with Crippen LogP contribution in [-0.2, 0) is 4.79 Å². The molecule has 104 valence electrons. The van der Waals surface area contributed by atoms with Gasteiger partial charge in [0.2, 0.25) is 5.91 Å². The van der Waals surface area contributed by atoms with E-state index in [-0.39, 0.29) is 24.6 Å². The Bertz CT molecular complexity index is 448. The van der Waals surface area contributed by atoms with E-state index in [1.54, 1.807) is 4.90 Å². The van der Waals surface area contributed by atoms with Crippen LogP contribution in [-0.4, -0.2) is 42.6 Å². The van der Waals surface area contributed by atoms with Crippen LogP contribution in [0.1, 0.15) is 13.8 Å². The predicted octanol–water partition coefficient (Wildman–Crippen LogP) is 1.02. The Labute approximate surface area is 113 Å². The van der Waals surface area contributed by atoms with E-state index in [0.717, 1.165) is 11.5 Å². The molecular formula is C14H20N2O3. The molecule has 0 spiro atoms. The fraction of sp³-hybridized carbons (Fsp3) is 0.500. The van der Waals surface area contributed by atoms with Gasteiger partial charge in [-0.25, -0.2) is 0 Å². The molecule has 2 N–H and O–H groups in total. The molecule has 0 saturated heterocycles. The molecule has 1 aliphatic rings. The van der Waals surface area contributed by atoms with E-state index in [2.05, 4.69) is 0 Å². The third-order valence-corrected chi connectivity index (χ3v) is 3.09. The van der Waals surface area contributed by atoms with Crippen molar-refractivity contribution in [1.29, 1.82) is 0 Å². The lowest BCUT2D eigenvalue weighted by Crippen LogP contribution is -2.48. The van der Waals surface area contributed by atoms with E-state index in [1.807, 2.05) is 38.1 Å². The Morgan fingerprint density at radius 1 is 1.42 bits per heavy atom. The van der Waals surface area contributed by atoms with Crippen molar-refractivity contribution in [3.05, 3.63) is 24.3 Å². The molecule has 1 amide bonds. The zero-order valence-corrected chi connectivity index (χ0v) is 11.3. The van der Waals surface area contributed by atoms with Crippen LogP contribution < -0.4 is 15.2 Å². The number of amides is 1. The van der Waals surface area contributed by atoms with E-state index in [0.29, 0.717) is 13.2 Å². The summed E-state index contributed by atoms with van der Waals surface area (Å²) in [7, 11) is 0. The molecule has 5 heteroatoms. The van der Waals surface area contributed by atoms with Gasteiger partial charge in [-0.3, -0.25) is 4.79 Å². The van der Waals surface area contributed by atoms with Gasteiger partial charge in [-0.1, -0.05) is 12.1 Å². The maximum atomic E-state index is 11.8. The van der Waals surface area contributed by atoms with Crippen LogP contribution in [0.5, 0.6) is 11.5 Å². The van der Waals surface area contributed by atoms with E-state index >= 15 is 0 Å². The second-order valence-corrected chi connectivity index (χ2v) is 4.84. The van der Waals surface area contributed by atoms with Gasteiger partial charge in [0.1, 0.15) is 6.61 Å². The van der Waals surface area contributed by atoms with E-state index in [9.17, 15) is 4.79 Å². The number of para-hydroxylation sites is 2. The molecule has 0 saturated carbocycles. The first-order valence-corrected chi connectivity index (χ1v) is 6.50. The predicted molar refractivity (Wildman–Crippen MR) is 72.3 cm³/mol. The van der Waals surface area contributed by atoms with Crippen molar-refractivity contribution >= 4 is 5.91 Å². The number of fused-ring (bicyclic) bond motifs is 1. The lowest BCUT2D eigenvalue weighted by molar-refractivity contribution is -0.133. The molecule has 1 heterocycles. The summed E-state index contributed by atoms with van der Waals surface area (Å²) in [6.45, 7) is 4.87. The number of carbonyl (C=O) groups excluding carboxylic acids is 1. The minimum absolute atomic E-state index is 0.0162. The zero-order chi connectivity index (χ0) is 13.8. The highest BCUT2D eigenvalue weighted by atomic mass is 16.6. The Kier molecular flexibility index (Phi) is 4.27. The minimum atomic E-state index is -0.159. The van der Waals surface area contributed by atoms with Crippen molar-refractivity contribution in [2.24, 2.45) is 5.73 Å². The standard InChI is InChI=1S/C14H20N2O3/c1-10(2)16(14(17)7-15)8-11-9-18-12-5-3-4-6-13(12)19-11/h3-6,10-11H,7-9,15H2,1-2H3/t11-/m1/s1. The number of benzene rings is 1. The lowest BCUT2D eigenvalue weighted by Gasteiger charge is -2.33. The summed E-state index contributed by atoms with van der Waals surface area (Å²) < 4.78 is 11.5. The van der Waals surface area contributed by atoms with Crippen LogP contribution in [0.2, 0.25) is 0 Å². The molecule has 1 aromatic rings. The molecule has 0 aromatic heterocycles. The van der Waals surface area contributed by atoms with Gasteiger partial charge in [-0.2, -0.15) is 0 Å². The van der Waals surface area contributed by atoms with E-state index in [1.165, 1.54) is 0 Å². The molecule has 0 bridgehead atoms. The quantitative estimate of drug-likeness (QED) is 0.882. The van der Waals surface area contributed by atoms with Gasteiger partial charge in [0.15, 0.2) is 17.6 Å². The number of rotatable bonds is 4. The van der Waals surface area contributed by atoms with Gasteiger partial charge in [-0.05, 0) is 26.0 Å². The maximum Gasteiger partial charge on any atom is 0.236 e. The molecule has 2 rings (SSSR count). The van der Waals surface area contributed by atoms with Crippen molar-refractivity contribution in [2.45, 2.75) is 26.0 Å². The summed E-state index contributed by atoms with van der Waals surface area (Å²) in [6.07, 6.45) is -0.159. The second-order valence-electron chi connectivity index (χ2n) is 4.84. The van der Waals surface area contributed by atoms with Crippen molar-refractivity contribution in [1.82, 2.24) is 4.90 Å². The van der Waals surface area contributed by atoms with Crippen LogP contribution in [0.25, 0.3) is 0 Å². The molecule has 0 radical (unpaired) electrons. The fourth-order valence-corrected chi connectivity index (χ4v) is 2.09. The number of hydrogen-bond acceptors (Lipinski definition) is 4. The largest absolute Gasteiger partial charge is 0.486 e. The second kappa shape index (κ2) is 5.93. The topological polar surface area (TPSA) is 64.8 Å². The van der Waals surface area contributed by atoms with Gasteiger partial charge in [0.05, 0.1) is 13.1 Å².